The van der Waals surface area contributed by atoms with Crippen molar-refractivity contribution >= 4 is 33.5 Å². The van der Waals surface area contributed by atoms with Gasteiger partial charge in [-0.15, -0.1) is 0 Å². The lowest BCUT2D eigenvalue weighted by Gasteiger charge is -2.14. The Hall–Kier alpha value is -2.74. The van der Waals surface area contributed by atoms with Crippen molar-refractivity contribution in [1.82, 2.24) is 0 Å². The third kappa shape index (κ3) is 4.66. The van der Waals surface area contributed by atoms with E-state index < -0.39 is 18.0 Å². The monoisotopic (exact) mass is 421 g/mol. The number of ether oxygens (including phenoxy) is 4. The highest BCUT2D eigenvalue weighted by atomic mass is 79.9. The average Bonchev–Trinajstić information content (AvgIpc) is 3.09. The number of carbonyl (C=O) groups excluding carboxylic acids is 2. The molecule has 1 amide bonds. The van der Waals surface area contributed by atoms with E-state index in [1.807, 2.05) is 0 Å². The van der Waals surface area contributed by atoms with Crippen molar-refractivity contribution in [3.63, 3.8) is 0 Å². The maximum atomic E-state index is 12.2. The third-order valence-corrected chi connectivity index (χ3v) is 4.02. The van der Waals surface area contributed by atoms with E-state index in [2.05, 4.69) is 21.2 Å². The molecule has 1 aliphatic heterocycles. The highest BCUT2D eigenvalue weighted by Crippen LogP contribution is 2.34. The Balaban J connectivity index is 1.47. The Kier molecular flexibility index (Phi) is 5.62. The van der Waals surface area contributed by atoms with E-state index in [-0.39, 0.29) is 13.4 Å². The lowest BCUT2D eigenvalue weighted by molar-refractivity contribution is -0.155. The van der Waals surface area contributed by atoms with Gasteiger partial charge in [0.05, 0.1) is 0 Å². The fraction of sp³-hybridized carbons (Fsp3) is 0.222. The van der Waals surface area contributed by atoms with E-state index in [1.54, 1.807) is 42.5 Å². The van der Waals surface area contributed by atoms with Gasteiger partial charge in [-0.3, -0.25) is 4.79 Å². The minimum absolute atomic E-state index is 0.152. The predicted octanol–water partition coefficient (Wildman–Crippen LogP) is 3.13. The molecule has 0 aromatic heterocycles. The summed E-state index contributed by atoms with van der Waals surface area (Å²) in [7, 11) is 0. The molecule has 1 aliphatic rings. The van der Waals surface area contributed by atoms with Gasteiger partial charge in [0.15, 0.2) is 24.2 Å². The summed E-state index contributed by atoms with van der Waals surface area (Å²) in [6, 6.07) is 12.0. The Labute approximate surface area is 158 Å². The molecule has 0 aliphatic carbocycles. The zero-order chi connectivity index (χ0) is 18.5. The molecule has 8 heteroatoms. The standard InChI is InChI=1S/C18H16BrNO6/c1-11(26-17(21)9-23-14-5-2-12(19)3-6-14)18(22)20-13-4-7-15-16(8-13)25-10-24-15/h2-8,11H,9-10H2,1H3,(H,20,22). The summed E-state index contributed by atoms with van der Waals surface area (Å²) in [4.78, 5) is 24.0. The zero-order valence-corrected chi connectivity index (χ0v) is 15.4. The van der Waals surface area contributed by atoms with Crippen molar-refractivity contribution in [2.45, 2.75) is 13.0 Å². The maximum Gasteiger partial charge on any atom is 0.344 e. The molecule has 136 valence electrons. The van der Waals surface area contributed by atoms with Crippen LogP contribution in [-0.2, 0) is 14.3 Å². The fourth-order valence-corrected chi connectivity index (χ4v) is 2.44. The smallest absolute Gasteiger partial charge is 0.344 e. The quantitative estimate of drug-likeness (QED) is 0.721. The third-order valence-electron chi connectivity index (χ3n) is 3.49. The second-order valence-electron chi connectivity index (χ2n) is 5.43. The van der Waals surface area contributed by atoms with Crippen molar-refractivity contribution in [1.29, 1.82) is 0 Å². The van der Waals surface area contributed by atoms with Crippen LogP contribution in [0, 0.1) is 0 Å². The maximum absolute atomic E-state index is 12.2. The van der Waals surface area contributed by atoms with E-state index in [0.29, 0.717) is 22.9 Å². The number of rotatable bonds is 6. The number of carbonyl (C=O) groups is 2. The molecule has 1 heterocycles. The summed E-state index contributed by atoms with van der Waals surface area (Å²) in [5, 5.41) is 2.66. The van der Waals surface area contributed by atoms with Gasteiger partial charge < -0.3 is 24.3 Å². The highest BCUT2D eigenvalue weighted by molar-refractivity contribution is 9.10. The molecule has 1 atom stereocenters. The first-order valence-electron chi connectivity index (χ1n) is 7.79. The second kappa shape index (κ2) is 8.09. The van der Waals surface area contributed by atoms with Crippen LogP contribution in [0.25, 0.3) is 0 Å². The lowest BCUT2D eigenvalue weighted by Crippen LogP contribution is -2.31. The summed E-state index contributed by atoms with van der Waals surface area (Å²) in [6.07, 6.45) is -0.971. The number of anilines is 1. The second-order valence-corrected chi connectivity index (χ2v) is 6.35. The molecule has 0 spiro atoms. The Morgan fingerprint density at radius 1 is 1.15 bits per heavy atom. The summed E-state index contributed by atoms with van der Waals surface area (Å²) in [6.45, 7) is 1.35. The van der Waals surface area contributed by atoms with E-state index >= 15 is 0 Å². The molecule has 1 unspecified atom stereocenters. The first kappa shape index (κ1) is 18.1. The fourth-order valence-electron chi connectivity index (χ4n) is 2.18. The molecular weight excluding hydrogens is 406 g/mol. The van der Waals surface area contributed by atoms with Gasteiger partial charge in [0, 0.05) is 16.2 Å². The van der Waals surface area contributed by atoms with Crippen molar-refractivity contribution in [2.75, 3.05) is 18.7 Å². The summed E-state index contributed by atoms with van der Waals surface area (Å²) in [5.74, 6) is 0.604. The molecule has 2 aromatic rings. The number of nitrogens with one attached hydrogen (secondary N) is 1. The van der Waals surface area contributed by atoms with Crippen LogP contribution in [0.5, 0.6) is 17.2 Å². The molecule has 1 N–H and O–H groups in total. The molecule has 0 fully saturated rings. The van der Waals surface area contributed by atoms with E-state index in [0.717, 1.165) is 4.47 Å². The Morgan fingerprint density at radius 3 is 2.65 bits per heavy atom. The van der Waals surface area contributed by atoms with Crippen molar-refractivity contribution in [3.05, 3.63) is 46.9 Å². The van der Waals surface area contributed by atoms with Crippen LogP contribution < -0.4 is 19.5 Å². The number of amides is 1. The summed E-state index contributed by atoms with van der Waals surface area (Å²) < 4.78 is 21.8. The molecule has 0 saturated carbocycles. The Morgan fingerprint density at radius 2 is 1.88 bits per heavy atom. The van der Waals surface area contributed by atoms with Crippen molar-refractivity contribution < 1.29 is 28.5 Å². The topological polar surface area (TPSA) is 83.1 Å². The molecule has 0 saturated heterocycles. The molecule has 0 bridgehead atoms. The van der Waals surface area contributed by atoms with Gasteiger partial charge in [-0.1, -0.05) is 15.9 Å². The van der Waals surface area contributed by atoms with Crippen LogP contribution in [0.1, 0.15) is 6.92 Å². The van der Waals surface area contributed by atoms with Crippen molar-refractivity contribution in [3.8, 4) is 17.2 Å². The number of hydrogen-bond acceptors (Lipinski definition) is 6. The molecular formula is C18H16BrNO6. The number of fused-ring (bicyclic) bond motifs is 1. The van der Waals surface area contributed by atoms with Gasteiger partial charge in [-0.25, -0.2) is 4.79 Å². The molecule has 7 nitrogen and oxygen atoms in total. The summed E-state index contributed by atoms with van der Waals surface area (Å²) >= 11 is 3.31. The molecule has 3 rings (SSSR count). The average molecular weight is 422 g/mol. The van der Waals surface area contributed by atoms with Crippen LogP contribution >= 0.6 is 15.9 Å². The minimum atomic E-state index is -0.971. The van der Waals surface area contributed by atoms with Gasteiger partial charge in [0.1, 0.15) is 5.75 Å². The van der Waals surface area contributed by atoms with Crippen LogP contribution in [-0.4, -0.2) is 31.4 Å². The highest BCUT2D eigenvalue weighted by Gasteiger charge is 2.20. The van der Waals surface area contributed by atoms with Crippen LogP contribution in [0.3, 0.4) is 0 Å². The van der Waals surface area contributed by atoms with Gasteiger partial charge in [0.25, 0.3) is 5.91 Å². The van der Waals surface area contributed by atoms with E-state index in [1.165, 1.54) is 6.92 Å². The molecule has 26 heavy (non-hydrogen) atoms. The molecule has 2 aromatic carbocycles. The van der Waals surface area contributed by atoms with Crippen LogP contribution in [0.15, 0.2) is 46.9 Å². The van der Waals surface area contributed by atoms with E-state index in [4.69, 9.17) is 18.9 Å². The van der Waals surface area contributed by atoms with E-state index in [9.17, 15) is 9.59 Å². The van der Waals surface area contributed by atoms with Crippen LogP contribution in [0.2, 0.25) is 0 Å². The largest absolute Gasteiger partial charge is 0.482 e. The first-order chi connectivity index (χ1) is 12.5. The molecule has 0 radical (unpaired) electrons. The minimum Gasteiger partial charge on any atom is -0.482 e. The van der Waals surface area contributed by atoms with Gasteiger partial charge in [0.2, 0.25) is 6.79 Å². The lowest BCUT2D eigenvalue weighted by atomic mass is 10.2. The zero-order valence-electron chi connectivity index (χ0n) is 13.9. The predicted molar refractivity (Wildman–Crippen MR) is 96.4 cm³/mol. The Bertz CT molecular complexity index is 808. The van der Waals surface area contributed by atoms with Gasteiger partial charge in [-0.2, -0.15) is 0 Å². The van der Waals surface area contributed by atoms with Crippen LogP contribution in [0.4, 0.5) is 5.69 Å². The van der Waals surface area contributed by atoms with Crippen molar-refractivity contribution in [2.24, 2.45) is 0 Å². The number of benzene rings is 2. The van der Waals surface area contributed by atoms with Gasteiger partial charge in [-0.05, 0) is 43.3 Å². The van der Waals surface area contributed by atoms with Gasteiger partial charge >= 0.3 is 5.97 Å². The first-order valence-corrected chi connectivity index (χ1v) is 8.59. The number of halogens is 1. The SMILES string of the molecule is CC(OC(=O)COc1ccc(Br)cc1)C(=O)Nc1ccc2c(c1)OCO2. The normalized spacial score (nSPS) is 13.0. The number of hydrogen-bond donors (Lipinski definition) is 1. The number of esters is 1. The summed E-state index contributed by atoms with van der Waals surface area (Å²) in [5.41, 5.74) is 0.522.